The van der Waals surface area contributed by atoms with Crippen LogP contribution in [0.5, 0.6) is 0 Å². The molecule has 0 atom stereocenters. The summed E-state index contributed by atoms with van der Waals surface area (Å²) in [6.45, 7) is 1.87. The molecule has 0 rings (SSSR count). The van der Waals surface area contributed by atoms with Gasteiger partial charge in [-0.1, -0.05) is 17.3 Å². The maximum atomic E-state index is 12.2. The monoisotopic (exact) mass is 110 g/mol. The van der Waals surface area contributed by atoms with Crippen LogP contribution in [-0.2, 0) is 0 Å². The molecule has 40 valence electrons. The first-order chi connectivity index (χ1) is 2.56. The van der Waals surface area contributed by atoms with Crippen molar-refractivity contribution in [1.29, 1.82) is 0 Å². The predicted molar refractivity (Wildman–Crippen MR) is 31.1 cm³/mol. The zero-order chi connectivity index (χ0) is 5.21. The van der Waals surface area contributed by atoms with Gasteiger partial charge in [-0.2, -0.15) is 3.89 Å². The highest BCUT2D eigenvalue weighted by atomic mass is 32.3. The Kier molecular flexibility index (Phi) is 1.91. The highest BCUT2D eigenvalue weighted by molar-refractivity contribution is 8.28. The fourth-order valence-corrected chi connectivity index (χ4v) is 0. The molecule has 0 aromatic rings. The van der Waals surface area contributed by atoms with Gasteiger partial charge in [0.2, 0.25) is 0 Å². The quantitative estimate of drug-likeness (QED) is 0.484. The van der Waals surface area contributed by atoms with Crippen molar-refractivity contribution >= 4 is 10.4 Å². The van der Waals surface area contributed by atoms with Crippen molar-refractivity contribution in [2.24, 2.45) is 0 Å². The molecule has 0 heterocycles. The number of halogens is 1. The number of hydrogen-bond donors (Lipinski definition) is 0. The Morgan fingerprint density at radius 3 is 1.67 bits per heavy atom. The zero-order valence-electron chi connectivity index (χ0n) is 4.49. The molecule has 0 spiro atoms. The van der Waals surface area contributed by atoms with Crippen LogP contribution in [0.15, 0.2) is 0 Å². The van der Waals surface area contributed by atoms with Crippen LogP contribution >= 0.6 is 10.4 Å². The minimum absolute atomic E-state index is 0.688. The van der Waals surface area contributed by atoms with Gasteiger partial charge in [0, 0.05) is 5.75 Å². The summed E-state index contributed by atoms with van der Waals surface area (Å²) < 4.78 is 12.2. The van der Waals surface area contributed by atoms with Crippen LogP contribution in [0.4, 0.5) is 3.89 Å². The largest absolute Gasteiger partial charge is 0.190 e. The van der Waals surface area contributed by atoms with E-state index in [-0.39, 0.29) is 0 Å². The van der Waals surface area contributed by atoms with Crippen LogP contribution in [0.3, 0.4) is 0 Å². The van der Waals surface area contributed by atoms with Crippen molar-refractivity contribution < 1.29 is 3.89 Å². The number of rotatable bonds is 1. The third kappa shape index (κ3) is 4.28. The maximum absolute atomic E-state index is 12.2. The molecular formula is C4H11FS. The first kappa shape index (κ1) is 6.28. The molecule has 6 heavy (non-hydrogen) atoms. The molecule has 0 nitrogen and oxygen atoms in total. The van der Waals surface area contributed by atoms with Crippen molar-refractivity contribution in [3.8, 4) is 0 Å². The van der Waals surface area contributed by atoms with Crippen molar-refractivity contribution in [2.45, 2.75) is 6.92 Å². The van der Waals surface area contributed by atoms with E-state index in [2.05, 4.69) is 0 Å². The normalized spacial score (nSPS) is 14.7. The minimum atomic E-state index is -1.66. The van der Waals surface area contributed by atoms with Crippen LogP contribution in [-0.4, -0.2) is 18.3 Å². The summed E-state index contributed by atoms with van der Waals surface area (Å²) >= 11 is 0. The van der Waals surface area contributed by atoms with Crippen molar-refractivity contribution in [3.05, 3.63) is 0 Å². The van der Waals surface area contributed by atoms with Crippen LogP contribution in [0.1, 0.15) is 6.92 Å². The summed E-state index contributed by atoms with van der Waals surface area (Å²) in [7, 11) is -1.66. The van der Waals surface area contributed by atoms with Gasteiger partial charge >= 0.3 is 0 Å². The van der Waals surface area contributed by atoms with E-state index in [4.69, 9.17) is 0 Å². The second kappa shape index (κ2) is 1.82. The smallest absolute Gasteiger partial charge is 0.000195 e. The average Bonchev–Trinajstić information content (AvgIpc) is 1.35. The van der Waals surface area contributed by atoms with Crippen molar-refractivity contribution in [2.75, 3.05) is 18.3 Å². The maximum Gasteiger partial charge on any atom is 0.000195 e. The molecule has 0 fully saturated rings. The molecular weight excluding hydrogens is 99.1 g/mol. The van der Waals surface area contributed by atoms with E-state index in [1.165, 1.54) is 0 Å². The van der Waals surface area contributed by atoms with E-state index in [9.17, 15) is 3.89 Å². The Labute approximate surface area is 40.4 Å². The molecule has 0 saturated heterocycles. The fourth-order valence-electron chi connectivity index (χ4n) is 0. The second-order valence-corrected chi connectivity index (χ2v) is 5.08. The van der Waals surface area contributed by atoms with Gasteiger partial charge in [-0.3, -0.25) is 0 Å². The van der Waals surface area contributed by atoms with Crippen LogP contribution in [0.2, 0.25) is 0 Å². The van der Waals surface area contributed by atoms with Crippen LogP contribution < -0.4 is 0 Å². The Bertz CT molecular complexity index is 37.3. The zero-order valence-corrected chi connectivity index (χ0v) is 5.31. The van der Waals surface area contributed by atoms with E-state index < -0.39 is 10.4 Å². The van der Waals surface area contributed by atoms with Gasteiger partial charge < -0.3 is 0 Å². The summed E-state index contributed by atoms with van der Waals surface area (Å²) in [6.07, 6.45) is 3.32. The molecule has 0 aromatic carbocycles. The van der Waals surface area contributed by atoms with Gasteiger partial charge in [-0.05, 0) is 12.5 Å². The van der Waals surface area contributed by atoms with Crippen molar-refractivity contribution in [1.82, 2.24) is 0 Å². The van der Waals surface area contributed by atoms with Gasteiger partial charge in [0.05, 0.1) is 0 Å². The Balaban J connectivity index is 3.17. The highest BCUT2D eigenvalue weighted by Gasteiger charge is 2.01. The van der Waals surface area contributed by atoms with Gasteiger partial charge in [0.1, 0.15) is 0 Å². The first-order valence-electron chi connectivity index (χ1n) is 1.97. The lowest BCUT2D eigenvalue weighted by Gasteiger charge is -2.14. The molecule has 0 N–H and O–H groups in total. The van der Waals surface area contributed by atoms with Gasteiger partial charge in [-0.25, -0.2) is 0 Å². The average molecular weight is 110 g/mol. The van der Waals surface area contributed by atoms with E-state index in [0.717, 1.165) is 0 Å². The lowest BCUT2D eigenvalue weighted by atomic mass is 11.0. The van der Waals surface area contributed by atoms with E-state index in [0.29, 0.717) is 5.75 Å². The van der Waals surface area contributed by atoms with E-state index in [1.807, 2.05) is 6.92 Å². The summed E-state index contributed by atoms with van der Waals surface area (Å²) in [5.41, 5.74) is 0. The minimum Gasteiger partial charge on any atom is -0.190 e. The van der Waals surface area contributed by atoms with E-state index in [1.54, 1.807) is 12.5 Å². The molecule has 0 bridgehead atoms. The molecule has 0 aliphatic heterocycles. The molecule has 0 amide bonds. The lowest BCUT2D eigenvalue weighted by Crippen LogP contribution is -1.86. The van der Waals surface area contributed by atoms with Crippen molar-refractivity contribution in [3.63, 3.8) is 0 Å². The van der Waals surface area contributed by atoms with Crippen LogP contribution in [0.25, 0.3) is 0 Å². The van der Waals surface area contributed by atoms with Gasteiger partial charge in [-0.15, -0.1) is 0 Å². The van der Waals surface area contributed by atoms with E-state index >= 15 is 0 Å². The lowest BCUT2D eigenvalue weighted by molar-refractivity contribution is 0.900. The molecule has 0 saturated carbocycles. The standard InChI is InChI=1S/C4H11FS/c1-4-6(2,3)5/h4H2,1-3H3. The molecule has 0 radical (unpaired) electrons. The Morgan fingerprint density at radius 1 is 1.50 bits per heavy atom. The summed E-state index contributed by atoms with van der Waals surface area (Å²) in [6, 6.07) is 0. The Hall–Kier alpha value is 0.280. The molecule has 0 aliphatic carbocycles. The number of hydrogen-bond acceptors (Lipinski definition) is 0. The molecule has 2 heteroatoms. The second-order valence-electron chi connectivity index (χ2n) is 1.69. The SMILES string of the molecule is CCS(C)(C)F. The van der Waals surface area contributed by atoms with Crippen LogP contribution in [0, 0.1) is 0 Å². The topological polar surface area (TPSA) is 0 Å². The third-order valence-electron chi connectivity index (χ3n) is 0.686. The Morgan fingerprint density at radius 2 is 1.67 bits per heavy atom. The molecule has 0 aliphatic rings. The summed E-state index contributed by atoms with van der Waals surface area (Å²) in [5.74, 6) is 0.688. The summed E-state index contributed by atoms with van der Waals surface area (Å²) in [5, 5.41) is 0. The fraction of sp³-hybridized carbons (Fsp3) is 1.00. The summed E-state index contributed by atoms with van der Waals surface area (Å²) in [4.78, 5) is 0. The van der Waals surface area contributed by atoms with Gasteiger partial charge in [0.25, 0.3) is 0 Å². The predicted octanol–water partition coefficient (Wildman–Crippen LogP) is 1.95. The highest BCUT2D eigenvalue weighted by Crippen LogP contribution is 2.39. The third-order valence-corrected chi connectivity index (χ3v) is 2.06. The first-order valence-corrected chi connectivity index (χ1v) is 4.49. The molecule has 0 unspecified atom stereocenters. The molecule has 0 aromatic heterocycles. The van der Waals surface area contributed by atoms with Gasteiger partial charge in [0.15, 0.2) is 0 Å².